The molecule has 0 spiro atoms. The van der Waals surface area contributed by atoms with Gasteiger partial charge in [-0.05, 0) is 13.0 Å². The first-order valence-corrected chi connectivity index (χ1v) is 5.53. The van der Waals surface area contributed by atoms with Gasteiger partial charge in [0.25, 0.3) is 0 Å². The number of hydrogen-bond acceptors (Lipinski definition) is 5. The molecule has 1 aromatic carbocycles. The molecule has 1 rings (SSSR count). The van der Waals surface area contributed by atoms with Crippen molar-refractivity contribution in [1.29, 1.82) is 0 Å². The zero-order valence-electron chi connectivity index (χ0n) is 10.4. The van der Waals surface area contributed by atoms with Crippen LogP contribution in [0.25, 0.3) is 0 Å². The minimum atomic E-state index is -1.24. The zero-order valence-corrected chi connectivity index (χ0v) is 10.4. The Morgan fingerprint density at radius 3 is 2.72 bits per heavy atom. The number of aliphatic hydroxyl groups is 1. The number of rotatable bonds is 6. The van der Waals surface area contributed by atoms with Crippen molar-refractivity contribution in [2.75, 3.05) is 13.7 Å². The molecule has 2 unspecified atom stereocenters. The molecule has 0 aliphatic carbocycles. The van der Waals surface area contributed by atoms with Crippen LogP contribution >= 0.6 is 0 Å². The van der Waals surface area contributed by atoms with Gasteiger partial charge in [-0.1, -0.05) is 6.07 Å². The predicted octanol–water partition coefficient (Wildman–Crippen LogP) is -0.102. The van der Waals surface area contributed by atoms with Gasteiger partial charge < -0.3 is 26.0 Å². The van der Waals surface area contributed by atoms with Crippen LogP contribution in [-0.4, -0.2) is 35.9 Å². The number of amides is 1. The van der Waals surface area contributed by atoms with Crippen LogP contribution in [0.5, 0.6) is 11.5 Å². The maximum atomic E-state index is 10.7. The monoisotopic (exact) mass is 254 g/mol. The van der Waals surface area contributed by atoms with E-state index >= 15 is 0 Å². The number of nitrogens with two attached hydrogens (primary N) is 1. The van der Waals surface area contributed by atoms with E-state index in [-0.39, 0.29) is 18.3 Å². The molecule has 0 heterocycles. The van der Waals surface area contributed by atoms with Gasteiger partial charge >= 0.3 is 0 Å². The van der Waals surface area contributed by atoms with Crippen LogP contribution in [0.1, 0.15) is 18.5 Å². The SMILES string of the molecule is COc1ccc(C(C)NCC(O)C(N)=O)c(O)c1. The van der Waals surface area contributed by atoms with Crippen molar-refractivity contribution in [2.24, 2.45) is 5.73 Å². The van der Waals surface area contributed by atoms with Gasteiger partial charge in [-0.15, -0.1) is 0 Å². The molecule has 0 saturated carbocycles. The van der Waals surface area contributed by atoms with E-state index in [1.165, 1.54) is 13.2 Å². The molecule has 1 aromatic rings. The number of benzene rings is 1. The van der Waals surface area contributed by atoms with Crippen molar-refractivity contribution < 1.29 is 19.7 Å². The second-order valence-corrected chi connectivity index (χ2v) is 3.97. The lowest BCUT2D eigenvalue weighted by Crippen LogP contribution is -2.38. The Morgan fingerprint density at radius 2 is 2.22 bits per heavy atom. The van der Waals surface area contributed by atoms with Crippen molar-refractivity contribution in [3.63, 3.8) is 0 Å². The van der Waals surface area contributed by atoms with Crippen molar-refractivity contribution in [1.82, 2.24) is 5.32 Å². The molecule has 0 radical (unpaired) electrons. The number of carbonyl (C=O) groups excluding carboxylic acids is 1. The topological polar surface area (TPSA) is 105 Å². The van der Waals surface area contributed by atoms with E-state index in [1.54, 1.807) is 19.1 Å². The van der Waals surface area contributed by atoms with Gasteiger partial charge in [0.15, 0.2) is 0 Å². The first kappa shape index (κ1) is 14.3. The van der Waals surface area contributed by atoms with Gasteiger partial charge in [0, 0.05) is 24.2 Å². The lowest BCUT2D eigenvalue weighted by molar-refractivity contribution is -0.125. The summed E-state index contributed by atoms with van der Waals surface area (Å²) in [5.74, 6) is -0.141. The first-order chi connectivity index (χ1) is 8.45. The third-order valence-electron chi connectivity index (χ3n) is 2.65. The fourth-order valence-electron chi connectivity index (χ4n) is 1.52. The van der Waals surface area contributed by atoms with Crippen molar-refractivity contribution in [2.45, 2.75) is 19.1 Å². The highest BCUT2D eigenvalue weighted by molar-refractivity contribution is 5.78. The molecule has 1 amide bonds. The van der Waals surface area contributed by atoms with Crippen molar-refractivity contribution in [3.05, 3.63) is 23.8 Å². The quantitative estimate of drug-likeness (QED) is 0.567. The van der Waals surface area contributed by atoms with Crippen LogP contribution in [0.4, 0.5) is 0 Å². The molecule has 0 fully saturated rings. The molecule has 2 atom stereocenters. The minimum absolute atomic E-state index is 0.0297. The fraction of sp³-hybridized carbons (Fsp3) is 0.417. The molecule has 0 aliphatic rings. The third kappa shape index (κ3) is 3.61. The van der Waals surface area contributed by atoms with Gasteiger partial charge in [-0.2, -0.15) is 0 Å². The third-order valence-corrected chi connectivity index (χ3v) is 2.65. The van der Waals surface area contributed by atoms with Gasteiger partial charge in [0.1, 0.15) is 17.6 Å². The van der Waals surface area contributed by atoms with Crippen LogP contribution < -0.4 is 15.8 Å². The Bertz CT molecular complexity index is 423. The van der Waals surface area contributed by atoms with Crippen LogP contribution in [0.2, 0.25) is 0 Å². The molecule has 100 valence electrons. The van der Waals surface area contributed by atoms with E-state index in [9.17, 15) is 15.0 Å². The molecule has 5 N–H and O–H groups in total. The van der Waals surface area contributed by atoms with E-state index in [2.05, 4.69) is 5.32 Å². The molecule has 0 aliphatic heterocycles. The summed E-state index contributed by atoms with van der Waals surface area (Å²) >= 11 is 0. The zero-order chi connectivity index (χ0) is 13.7. The van der Waals surface area contributed by atoms with Crippen LogP contribution in [-0.2, 0) is 4.79 Å². The summed E-state index contributed by atoms with van der Waals surface area (Å²) in [6.07, 6.45) is -1.24. The number of aromatic hydroxyl groups is 1. The predicted molar refractivity (Wildman–Crippen MR) is 66.3 cm³/mol. The lowest BCUT2D eigenvalue weighted by Gasteiger charge is -2.17. The molecule has 0 saturated heterocycles. The summed E-state index contributed by atoms with van der Waals surface area (Å²) in [5.41, 5.74) is 5.58. The number of hydrogen-bond donors (Lipinski definition) is 4. The summed E-state index contributed by atoms with van der Waals surface area (Å²) < 4.78 is 4.98. The molecular formula is C12H18N2O4. The number of phenols is 1. The summed E-state index contributed by atoms with van der Waals surface area (Å²) in [6.45, 7) is 1.83. The highest BCUT2D eigenvalue weighted by Gasteiger charge is 2.15. The molecule has 0 aromatic heterocycles. The molecule has 0 bridgehead atoms. The summed E-state index contributed by atoms with van der Waals surface area (Å²) in [6, 6.07) is 4.70. The van der Waals surface area contributed by atoms with E-state index in [4.69, 9.17) is 10.5 Å². The second-order valence-electron chi connectivity index (χ2n) is 3.97. The Balaban J connectivity index is 2.66. The maximum absolute atomic E-state index is 10.7. The fourth-order valence-corrected chi connectivity index (χ4v) is 1.52. The Kier molecular flexibility index (Phi) is 4.94. The Hall–Kier alpha value is -1.79. The number of ether oxygens (including phenoxy) is 1. The highest BCUT2D eigenvalue weighted by atomic mass is 16.5. The Morgan fingerprint density at radius 1 is 1.56 bits per heavy atom. The van der Waals surface area contributed by atoms with Crippen molar-refractivity contribution in [3.8, 4) is 11.5 Å². The highest BCUT2D eigenvalue weighted by Crippen LogP contribution is 2.28. The van der Waals surface area contributed by atoms with Gasteiger partial charge in [0.05, 0.1) is 7.11 Å². The van der Waals surface area contributed by atoms with Crippen LogP contribution in [0.3, 0.4) is 0 Å². The largest absolute Gasteiger partial charge is 0.507 e. The van der Waals surface area contributed by atoms with Gasteiger partial charge in [-0.3, -0.25) is 4.79 Å². The lowest BCUT2D eigenvalue weighted by atomic mass is 10.1. The number of aliphatic hydroxyl groups excluding tert-OH is 1. The van der Waals surface area contributed by atoms with Gasteiger partial charge in [-0.25, -0.2) is 0 Å². The Labute approximate surface area is 105 Å². The first-order valence-electron chi connectivity index (χ1n) is 5.53. The number of nitrogens with one attached hydrogen (secondary N) is 1. The van der Waals surface area contributed by atoms with Gasteiger partial charge in [0.2, 0.25) is 5.91 Å². The molecule has 6 heteroatoms. The summed E-state index contributed by atoms with van der Waals surface area (Å²) in [5, 5.41) is 22.0. The van der Waals surface area contributed by atoms with Crippen molar-refractivity contribution >= 4 is 5.91 Å². The smallest absolute Gasteiger partial charge is 0.247 e. The second kappa shape index (κ2) is 6.23. The normalized spacial score (nSPS) is 13.9. The number of phenolic OH excluding ortho intramolecular Hbond substituents is 1. The summed E-state index contributed by atoms with van der Waals surface area (Å²) in [7, 11) is 1.51. The number of carbonyl (C=O) groups is 1. The van der Waals surface area contributed by atoms with E-state index < -0.39 is 12.0 Å². The molecular weight excluding hydrogens is 236 g/mol. The average molecular weight is 254 g/mol. The number of primary amides is 1. The maximum Gasteiger partial charge on any atom is 0.247 e. The van der Waals surface area contributed by atoms with E-state index in [1.807, 2.05) is 0 Å². The van der Waals surface area contributed by atoms with E-state index in [0.717, 1.165) is 0 Å². The minimum Gasteiger partial charge on any atom is -0.507 e. The van der Waals surface area contributed by atoms with E-state index in [0.29, 0.717) is 11.3 Å². The van der Waals surface area contributed by atoms with Crippen LogP contribution in [0, 0.1) is 0 Å². The average Bonchev–Trinajstić information content (AvgIpc) is 2.34. The van der Waals surface area contributed by atoms with Crippen LogP contribution in [0.15, 0.2) is 18.2 Å². The number of methoxy groups -OCH3 is 1. The molecule has 18 heavy (non-hydrogen) atoms. The standard InChI is InChI=1S/C12H18N2O4/c1-7(14-6-11(16)12(13)17)9-4-3-8(18-2)5-10(9)15/h3-5,7,11,14-16H,6H2,1-2H3,(H2,13,17). The summed E-state index contributed by atoms with van der Waals surface area (Å²) in [4.78, 5) is 10.7. The molecule has 6 nitrogen and oxygen atoms in total.